The van der Waals surface area contributed by atoms with Crippen LogP contribution in [0.5, 0.6) is 0 Å². The van der Waals surface area contributed by atoms with Crippen molar-refractivity contribution in [2.75, 3.05) is 5.73 Å². The minimum atomic E-state index is -0.0485. The Morgan fingerprint density at radius 3 is 2.90 bits per heavy atom. The van der Waals surface area contributed by atoms with Crippen LogP contribution in [-0.4, -0.2) is 19.7 Å². The predicted octanol–water partition coefficient (Wildman–Crippen LogP) is 1.29. The summed E-state index contributed by atoms with van der Waals surface area (Å²) >= 11 is 0. The van der Waals surface area contributed by atoms with E-state index < -0.39 is 0 Å². The van der Waals surface area contributed by atoms with Gasteiger partial charge in [0.05, 0.1) is 11.4 Å². The van der Waals surface area contributed by atoms with E-state index in [0.717, 1.165) is 42.6 Å². The van der Waals surface area contributed by atoms with Crippen molar-refractivity contribution >= 4 is 5.82 Å². The molecule has 6 heteroatoms. The molecule has 6 nitrogen and oxygen atoms in total. The van der Waals surface area contributed by atoms with Gasteiger partial charge >= 0.3 is 0 Å². The maximum absolute atomic E-state index is 12.1. The number of anilines is 1. The Morgan fingerprint density at radius 2 is 2.10 bits per heavy atom. The number of aromatic amines is 1. The van der Waals surface area contributed by atoms with E-state index in [4.69, 9.17) is 5.73 Å². The highest BCUT2D eigenvalue weighted by atomic mass is 16.1. The van der Waals surface area contributed by atoms with Gasteiger partial charge in [0.25, 0.3) is 5.56 Å². The smallest absolute Gasteiger partial charge is 0.255 e. The molecule has 0 amide bonds. The van der Waals surface area contributed by atoms with Crippen molar-refractivity contribution < 1.29 is 0 Å². The molecule has 20 heavy (non-hydrogen) atoms. The number of H-pyrrole nitrogens is 1. The van der Waals surface area contributed by atoms with Crippen molar-refractivity contribution in [2.24, 2.45) is 0 Å². The van der Waals surface area contributed by atoms with Crippen molar-refractivity contribution in [3.8, 4) is 5.95 Å². The molecule has 0 atom stereocenters. The normalized spacial score (nSPS) is 18.0. The summed E-state index contributed by atoms with van der Waals surface area (Å²) in [5.74, 6) is 1.51. The maximum Gasteiger partial charge on any atom is 0.255 e. The SMILES string of the molecule is Nc1cc(C2CC2)nn1-c1nc2c(c(=O)[nH]1)CCCC2. The first-order chi connectivity index (χ1) is 9.72. The van der Waals surface area contributed by atoms with Crippen LogP contribution in [0.3, 0.4) is 0 Å². The average Bonchev–Trinajstić information content (AvgIpc) is 3.22. The quantitative estimate of drug-likeness (QED) is 0.861. The van der Waals surface area contributed by atoms with Crippen LogP contribution < -0.4 is 11.3 Å². The first-order valence-electron chi connectivity index (χ1n) is 7.20. The van der Waals surface area contributed by atoms with Gasteiger partial charge in [0, 0.05) is 17.5 Å². The Labute approximate surface area is 116 Å². The zero-order valence-electron chi connectivity index (χ0n) is 11.2. The minimum Gasteiger partial charge on any atom is -0.383 e. The summed E-state index contributed by atoms with van der Waals surface area (Å²) in [6.45, 7) is 0. The third-order valence-electron chi connectivity index (χ3n) is 4.13. The average molecular weight is 271 g/mol. The van der Waals surface area contributed by atoms with Gasteiger partial charge < -0.3 is 5.73 Å². The Balaban J connectivity index is 1.82. The lowest BCUT2D eigenvalue weighted by Crippen LogP contribution is -2.24. The Bertz CT molecular complexity index is 726. The maximum atomic E-state index is 12.1. The summed E-state index contributed by atoms with van der Waals surface area (Å²) in [6, 6.07) is 1.89. The molecule has 2 aromatic rings. The van der Waals surface area contributed by atoms with Crippen LogP contribution in [0.25, 0.3) is 5.95 Å². The number of fused-ring (bicyclic) bond motifs is 1. The van der Waals surface area contributed by atoms with Gasteiger partial charge in [-0.25, -0.2) is 4.98 Å². The van der Waals surface area contributed by atoms with Gasteiger partial charge in [-0.2, -0.15) is 9.78 Å². The number of nitrogens with zero attached hydrogens (tertiary/aromatic N) is 3. The van der Waals surface area contributed by atoms with Crippen molar-refractivity contribution in [1.82, 2.24) is 19.7 Å². The molecular formula is C14H17N5O. The molecule has 0 aromatic carbocycles. The lowest BCUT2D eigenvalue weighted by atomic mass is 9.97. The van der Waals surface area contributed by atoms with E-state index in [9.17, 15) is 4.79 Å². The largest absolute Gasteiger partial charge is 0.383 e. The summed E-state index contributed by atoms with van der Waals surface area (Å²) in [6.07, 6.45) is 6.18. The second-order valence-corrected chi connectivity index (χ2v) is 5.70. The molecule has 2 aliphatic rings. The summed E-state index contributed by atoms with van der Waals surface area (Å²) in [7, 11) is 0. The minimum absolute atomic E-state index is 0.0485. The fraction of sp³-hybridized carbons (Fsp3) is 0.500. The number of nitrogens with one attached hydrogen (secondary N) is 1. The molecule has 0 spiro atoms. The van der Waals surface area contributed by atoms with Crippen LogP contribution >= 0.6 is 0 Å². The van der Waals surface area contributed by atoms with Crippen LogP contribution in [0.15, 0.2) is 10.9 Å². The molecule has 0 bridgehead atoms. The molecule has 4 rings (SSSR count). The highest BCUT2D eigenvalue weighted by Gasteiger charge is 2.27. The highest BCUT2D eigenvalue weighted by Crippen LogP contribution is 2.39. The predicted molar refractivity (Wildman–Crippen MR) is 75.0 cm³/mol. The second kappa shape index (κ2) is 4.19. The van der Waals surface area contributed by atoms with Crippen LogP contribution in [0.4, 0.5) is 5.82 Å². The summed E-state index contributed by atoms with van der Waals surface area (Å²) in [5.41, 5.74) is 8.69. The number of rotatable bonds is 2. The molecule has 3 N–H and O–H groups in total. The van der Waals surface area contributed by atoms with Crippen LogP contribution in [0.2, 0.25) is 0 Å². The number of hydrogen-bond acceptors (Lipinski definition) is 4. The molecule has 104 valence electrons. The molecule has 0 saturated heterocycles. The van der Waals surface area contributed by atoms with Gasteiger partial charge in [0.1, 0.15) is 5.82 Å². The van der Waals surface area contributed by atoms with Crippen LogP contribution in [0.1, 0.15) is 48.6 Å². The second-order valence-electron chi connectivity index (χ2n) is 5.70. The van der Waals surface area contributed by atoms with E-state index in [1.165, 1.54) is 12.8 Å². The fourth-order valence-electron chi connectivity index (χ4n) is 2.85. The standard InChI is InChI=1S/C14H17N5O/c15-12-7-11(8-5-6-8)18-19(12)14-16-10-4-2-1-3-9(10)13(20)17-14/h7-8H,1-6,15H2,(H,16,17,20). The van der Waals surface area contributed by atoms with Crippen molar-refractivity contribution in [3.63, 3.8) is 0 Å². The number of nitrogens with two attached hydrogens (primary N) is 1. The number of nitrogen functional groups attached to an aromatic ring is 1. The zero-order chi connectivity index (χ0) is 13.7. The topological polar surface area (TPSA) is 89.6 Å². The van der Waals surface area contributed by atoms with E-state index in [1.807, 2.05) is 6.07 Å². The van der Waals surface area contributed by atoms with E-state index in [-0.39, 0.29) is 5.56 Å². The van der Waals surface area contributed by atoms with Gasteiger partial charge in [-0.15, -0.1) is 0 Å². The molecule has 0 radical (unpaired) electrons. The molecule has 2 aromatic heterocycles. The fourth-order valence-corrected chi connectivity index (χ4v) is 2.85. The Morgan fingerprint density at radius 1 is 1.30 bits per heavy atom. The van der Waals surface area contributed by atoms with Gasteiger partial charge in [0.15, 0.2) is 0 Å². The first-order valence-corrected chi connectivity index (χ1v) is 7.20. The van der Waals surface area contributed by atoms with Crippen LogP contribution in [0, 0.1) is 0 Å². The number of aromatic nitrogens is 4. The molecular weight excluding hydrogens is 254 g/mol. The van der Waals surface area contributed by atoms with E-state index >= 15 is 0 Å². The van der Waals surface area contributed by atoms with Gasteiger partial charge in [-0.3, -0.25) is 9.78 Å². The number of aryl methyl sites for hydroxylation is 1. The molecule has 2 heterocycles. The van der Waals surface area contributed by atoms with Crippen molar-refractivity contribution in [2.45, 2.75) is 44.4 Å². The molecule has 1 fully saturated rings. The van der Waals surface area contributed by atoms with Crippen LogP contribution in [-0.2, 0) is 12.8 Å². The summed E-state index contributed by atoms with van der Waals surface area (Å²) in [5, 5.41) is 4.49. The number of hydrogen-bond donors (Lipinski definition) is 2. The lowest BCUT2D eigenvalue weighted by Gasteiger charge is -2.14. The summed E-state index contributed by atoms with van der Waals surface area (Å²) < 4.78 is 1.56. The Kier molecular flexibility index (Phi) is 2.45. The molecule has 1 saturated carbocycles. The third kappa shape index (κ3) is 1.83. The van der Waals surface area contributed by atoms with Gasteiger partial charge in [0.2, 0.25) is 5.95 Å². The van der Waals surface area contributed by atoms with Gasteiger partial charge in [-0.05, 0) is 38.5 Å². The highest BCUT2D eigenvalue weighted by molar-refractivity contribution is 5.39. The van der Waals surface area contributed by atoms with Gasteiger partial charge in [-0.1, -0.05) is 0 Å². The van der Waals surface area contributed by atoms with E-state index in [0.29, 0.717) is 17.7 Å². The summed E-state index contributed by atoms with van der Waals surface area (Å²) in [4.78, 5) is 19.5. The van der Waals surface area contributed by atoms with Crippen molar-refractivity contribution in [1.29, 1.82) is 0 Å². The molecule has 0 aliphatic heterocycles. The molecule has 0 unspecified atom stereocenters. The van der Waals surface area contributed by atoms with E-state index in [1.54, 1.807) is 4.68 Å². The van der Waals surface area contributed by atoms with Crippen molar-refractivity contribution in [3.05, 3.63) is 33.4 Å². The first kappa shape index (κ1) is 11.7. The zero-order valence-corrected chi connectivity index (χ0v) is 11.2. The Hall–Kier alpha value is -2.11. The molecule has 2 aliphatic carbocycles. The third-order valence-corrected chi connectivity index (χ3v) is 4.13. The monoisotopic (exact) mass is 271 g/mol. The lowest BCUT2D eigenvalue weighted by molar-refractivity contribution is 0.645. The van der Waals surface area contributed by atoms with E-state index in [2.05, 4.69) is 15.1 Å².